The largest absolute Gasteiger partial charge is 0.478 e. The van der Waals surface area contributed by atoms with Gasteiger partial charge in [-0.1, -0.05) is 6.08 Å². The van der Waals surface area contributed by atoms with Crippen LogP contribution in [-0.2, 0) is 22.4 Å². The van der Waals surface area contributed by atoms with Crippen molar-refractivity contribution >= 4 is 23.7 Å². The number of thioether (sulfide) groups is 1. The van der Waals surface area contributed by atoms with Crippen molar-refractivity contribution in [3.8, 4) is 0 Å². The van der Waals surface area contributed by atoms with E-state index in [-0.39, 0.29) is 0 Å². The summed E-state index contributed by atoms with van der Waals surface area (Å²) in [5, 5.41) is 23.0. The van der Waals surface area contributed by atoms with Crippen LogP contribution in [0.5, 0.6) is 0 Å². The molecule has 2 aliphatic rings. The number of piperidine rings is 1. The number of aliphatic carboxylic acids is 2. The number of hydrogen-bond acceptors (Lipinski definition) is 5. The topological polar surface area (TPSA) is 107 Å². The highest BCUT2D eigenvalue weighted by molar-refractivity contribution is 7.98. The van der Waals surface area contributed by atoms with Crippen molar-refractivity contribution in [2.24, 2.45) is 11.8 Å². The molecule has 1 aromatic heterocycles. The van der Waals surface area contributed by atoms with Gasteiger partial charge in [-0.25, -0.2) is 9.59 Å². The van der Waals surface area contributed by atoms with Gasteiger partial charge in [-0.3, -0.25) is 10.00 Å². The van der Waals surface area contributed by atoms with E-state index < -0.39 is 11.9 Å². The van der Waals surface area contributed by atoms with Gasteiger partial charge in [0.2, 0.25) is 0 Å². The molecule has 0 radical (unpaired) electrons. The third kappa shape index (κ3) is 6.25. The summed E-state index contributed by atoms with van der Waals surface area (Å²) in [5.74, 6) is 0.395. The van der Waals surface area contributed by atoms with E-state index >= 15 is 0 Å². The molecule has 1 aliphatic carbocycles. The number of nitrogens with zero attached hydrogens (tertiary/aromatic N) is 2. The number of likely N-dealkylation sites (tertiary alicyclic amines) is 1. The van der Waals surface area contributed by atoms with Crippen molar-refractivity contribution in [2.45, 2.75) is 25.3 Å². The standard InChI is InChI=1S/C15H23N3S.C4H4O4/c1-3-4-18-9-11(10-19-2)5-12-6-14-13(7-15(12)18)8-16-17-14;5-3(6)1-2-4(7)8/h3,8,11-12,15H,1,4-7,9-10H2,2H3,(H,16,17);1-2H,(H,5,6)(H,7,8)/b;2-1+. The van der Waals surface area contributed by atoms with Crippen molar-refractivity contribution in [3.63, 3.8) is 0 Å². The maximum atomic E-state index is 9.55. The molecule has 0 spiro atoms. The third-order valence-electron chi connectivity index (χ3n) is 4.98. The Morgan fingerprint density at radius 2 is 2.07 bits per heavy atom. The lowest BCUT2D eigenvalue weighted by molar-refractivity contribution is -0.134. The molecule has 3 N–H and O–H groups in total. The van der Waals surface area contributed by atoms with Gasteiger partial charge >= 0.3 is 11.9 Å². The summed E-state index contributed by atoms with van der Waals surface area (Å²) in [6.45, 7) is 6.20. The molecule has 0 amide bonds. The van der Waals surface area contributed by atoms with Crippen molar-refractivity contribution in [3.05, 3.63) is 42.3 Å². The molecule has 1 aliphatic heterocycles. The highest BCUT2D eigenvalue weighted by Gasteiger charge is 2.38. The summed E-state index contributed by atoms with van der Waals surface area (Å²) >= 11 is 1.98. The number of carboxylic acid groups (broad SMARTS) is 2. The molecular weight excluding hydrogens is 366 g/mol. The van der Waals surface area contributed by atoms with Gasteiger partial charge < -0.3 is 10.2 Å². The van der Waals surface area contributed by atoms with E-state index in [0.29, 0.717) is 18.2 Å². The van der Waals surface area contributed by atoms with Crippen LogP contribution in [0.3, 0.4) is 0 Å². The number of aromatic amines is 1. The summed E-state index contributed by atoms with van der Waals surface area (Å²) in [4.78, 5) is 21.8. The predicted molar refractivity (Wildman–Crippen MR) is 106 cm³/mol. The number of nitrogens with one attached hydrogen (secondary N) is 1. The number of H-pyrrole nitrogens is 1. The molecule has 3 rings (SSSR count). The second-order valence-electron chi connectivity index (χ2n) is 6.92. The van der Waals surface area contributed by atoms with E-state index in [1.54, 1.807) is 0 Å². The summed E-state index contributed by atoms with van der Waals surface area (Å²) in [6, 6.07) is 0.696. The number of aromatic nitrogens is 2. The molecule has 7 nitrogen and oxygen atoms in total. The van der Waals surface area contributed by atoms with Crippen molar-refractivity contribution in [2.75, 3.05) is 25.1 Å². The fourth-order valence-corrected chi connectivity index (χ4v) is 4.71. The first-order valence-corrected chi connectivity index (χ1v) is 10.3. The normalized spacial score (nSPS) is 24.4. The van der Waals surface area contributed by atoms with Gasteiger partial charge in [-0.05, 0) is 48.7 Å². The zero-order chi connectivity index (χ0) is 19.8. The van der Waals surface area contributed by atoms with Gasteiger partial charge in [0.15, 0.2) is 0 Å². The number of carbonyl (C=O) groups is 2. The summed E-state index contributed by atoms with van der Waals surface area (Å²) < 4.78 is 0. The molecule has 3 unspecified atom stereocenters. The highest BCUT2D eigenvalue weighted by Crippen LogP contribution is 2.37. The van der Waals surface area contributed by atoms with E-state index in [1.165, 1.54) is 36.4 Å². The summed E-state index contributed by atoms with van der Waals surface area (Å²) in [7, 11) is 0. The quantitative estimate of drug-likeness (QED) is 0.502. The Morgan fingerprint density at radius 1 is 1.37 bits per heavy atom. The van der Waals surface area contributed by atoms with Gasteiger partial charge in [0.05, 0.1) is 6.20 Å². The van der Waals surface area contributed by atoms with E-state index in [2.05, 4.69) is 34.0 Å². The fourth-order valence-electron chi connectivity index (χ4n) is 3.99. The summed E-state index contributed by atoms with van der Waals surface area (Å²) in [6.07, 6.45) is 11.1. The number of hydrogen-bond donors (Lipinski definition) is 3. The Kier molecular flexibility index (Phi) is 8.12. The van der Waals surface area contributed by atoms with Gasteiger partial charge in [0, 0.05) is 37.0 Å². The molecule has 0 bridgehead atoms. The lowest BCUT2D eigenvalue weighted by atomic mass is 9.75. The van der Waals surface area contributed by atoms with E-state index in [4.69, 9.17) is 10.2 Å². The van der Waals surface area contributed by atoms with E-state index in [1.807, 2.05) is 18.0 Å². The smallest absolute Gasteiger partial charge is 0.328 e. The molecule has 1 fully saturated rings. The average molecular weight is 394 g/mol. The molecule has 8 heteroatoms. The monoisotopic (exact) mass is 393 g/mol. The molecule has 1 saturated heterocycles. The predicted octanol–water partition coefficient (Wildman–Crippen LogP) is 2.08. The molecule has 148 valence electrons. The Balaban J connectivity index is 0.000000279. The summed E-state index contributed by atoms with van der Waals surface area (Å²) in [5.41, 5.74) is 2.81. The third-order valence-corrected chi connectivity index (χ3v) is 5.78. The van der Waals surface area contributed by atoms with Crippen LogP contribution in [0.1, 0.15) is 17.7 Å². The Labute approximate surface area is 163 Å². The van der Waals surface area contributed by atoms with Gasteiger partial charge in [-0.2, -0.15) is 16.9 Å². The average Bonchev–Trinajstić information content (AvgIpc) is 3.07. The number of carboxylic acids is 2. The second kappa shape index (κ2) is 10.3. The minimum atomic E-state index is -1.26. The Morgan fingerprint density at radius 3 is 2.67 bits per heavy atom. The van der Waals surface area contributed by atoms with Crippen LogP contribution >= 0.6 is 11.8 Å². The Bertz CT molecular complexity index is 672. The van der Waals surface area contributed by atoms with E-state index in [0.717, 1.165) is 24.8 Å². The maximum absolute atomic E-state index is 9.55. The molecule has 0 saturated carbocycles. The molecule has 2 heterocycles. The van der Waals surface area contributed by atoms with Crippen LogP contribution in [0.25, 0.3) is 0 Å². The van der Waals surface area contributed by atoms with Crippen LogP contribution in [0, 0.1) is 11.8 Å². The van der Waals surface area contributed by atoms with Crippen LogP contribution in [0.2, 0.25) is 0 Å². The first-order valence-electron chi connectivity index (χ1n) is 8.93. The fraction of sp³-hybridized carbons (Fsp3) is 0.526. The first kappa shape index (κ1) is 21.2. The molecule has 3 atom stereocenters. The van der Waals surface area contributed by atoms with Crippen LogP contribution < -0.4 is 0 Å². The highest BCUT2D eigenvalue weighted by atomic mass is 32.2. The minimum absolute atomic E-state index is 0.558. The van der Waals surface area contributed by atoms with Crippen LogP contribution in [-0.4, -0.2) is 68.4 Å². The first-order chi connectivity index (χ1) is 12.9. The molecule has 1 aromatic rings. The lowest BCUT2D eigenvalue weighted by Crippen LogP contribution is -2.52. The zero-order valence-electron chi connectivity index (χ0n) is 15.5. The zero-order valence-corrected chi connectivity index (χ0v) is 16.3. The van der Waals surface area contributed by atoms with Crippen molar-refractivity contribution in [1.29, 1.82) is 0 Å². The van der Waals surface area contributed by atoms with Crippen LogP contribution in [0.4, 0.5) is 0 Å². The van der Waals surface area contributed by atoms with E-state index in [9.17, 15) is 9.59 Å². The minimum Gasteiger partial charge on any atom is -0.478 e. The van der Waals surface area contributed by atoms with Crippen molar-refractivity contribution < 1.29 is 19.8 Å². The maximum Gasteiger partial charge on any atom is 0.328 e. The van der Waals surface area contributed by atoms with Gasteiger partial charge in [0.1, 0.15) is 0 Å². The second-order valence-corrected chi connectivity index (χ2v) is 7.83. The number of rotatable bonds is 6. The van der Waals surface area contributed by atoms with Gasteiger partial charge in [-0.15, -0.1) is 6.58 Å². The van der Waals surface area contributed by atoms with Crippen LogP contribution in [0.15, 0.2) is 31.0 Å². The molecule has 0 aromatic carbocycles. The Hall–Kier alpha value is -2.06. The van der Waals surface area contributed by atoms with Gasteiger partial charge in [0.25, 0.3) is 0 Å². The number of fused-ring (bicyclic) bond motifs is 2. The molecular formula is C19H27N3O4S. The van der Waals surface area contributed by atoms with Crippen molar-refractivity contribution in [1.82, 2.24) is 15.1 Å². The molecule has 27 heavy (non-hydrogen) atoms. The SMILES string of the molecule is C=CCN1CC(CSC)CC2Cc3[nH]ncc3CC21.O=C(O)/C=C/C(=O)O. The lowest BCUT2D eigenvalue weighted by Gasteiger charge is -2.46.